The fourth-order valence-electron chi connectivity index (χ4n) is 4.12. The van der Waals surface area contributed by atoms with Gasteiger partial charge in [-0.1, -0.05) is 50.0 Å². The van der Waals surface area contributed by atoms with Crippen LogP contribution in [0.25, 0.3) is 11.3 Å². The van der Waals surface area contributed by atoms with Crippen molar-refractivity contribution in [1.82, 2.24) is 9.97 Å². The first-order valence-corrected chi connectivity index (χ1v) is 14.0. The maximum absolute atomic E-state index is 12.5. The Hall–Kier alpha value is -2.11. The Bertz CT molecular complexity index is 1290. The molecule has 0 saturated heterocycles. The molecule has 1 N–H and O–H groups in total. The predicted molar refractivity (Wildman–Crippen MR) is 145 cm³/mol. The molecule has 2 aromatic heterocycles. The Kier molecular flexibility index (Phi) is 8.07. The first-order valence-electron chi connectivity index (χ1n) is 11.4. The number of nitrogens with zero attached hydrogens (tertiary/aromatic N) is 3. The number of anilines is 1. The summed E-state index contributed by atoms with van der Waals surface area (Å²) in [7, 11) is 0. The topological polar surface area (TPSA) is 78.7 Å². The molecule has 1 aliphatic rings. The zero-order valence-electron chi connectivity index (χ0n) is 19.8. The lowest BCUT2D eigenvalue weighted by molar-refractivity contribution is -0.115. The van der Waals surface area contributed by atoms with Crippen LogP contribution in [0.15, 0.2) is 34.7 Å². The standard InChI is InChI=1S/C26H26Cl2N4OS2/c1-26(2,3)18-5-7-21-16(11-18)10-17(13-29)24(30-21)34-9-8-23(33)32-25-31-22(14-35-25)15-4-6-19(27)20(28)12-15/h4,6,10,12,14,18H,5,7-9,11H2,1-3H3,(H,31,32,33). The number of thioether (sulfide) groups is 1. The molecule has 1 unspecified atom stereocenters. The number of thiazole rings is 1. The molecule has 0 bridgehead atoms. The molecule has 182 valence electrons. The molecule has 0 spiro atoms. The van der Waals surface area contributed by atoms with Gasteiger partial charge in [-0.25, -0.2) is 9.97 Å². The van der Waals surface area contributed by atoms with E-state index in [0.29, 0.717) is 43.9 Å². The molecular formula is C26H26Cl2N4OS2. The fourth-order valence-corrected chi connectivity index (χ4v) is 6.07. The van der Waals surface area contributed by atoms with E-state index in [2.05, 4.69) is 37.1 Å². The van der Waals surface area contributed by atoms with Crippen molar-refractivity contribution >= 4 is 57.3 Å². The molecule has 2 heterocycles. The van der Waals surface area contributed by atoms with Gasteiger partial charge in [-0.15, -0.1) is 23.1 Å². The number of rotatable bonds is 6. The number of nitrogens with one attached hydrogen (secondary N) is 1. The number of hydrogen-bond donors (Lipinski definition) is 1. The number of pyridine rings is 1. The van der Waals surface area contributed by atoms with Gasteiger partial charge in [0.1, 0.15) is 11.1 Å². The quantitative estimate of drug-likeness (QED) is 0.322. The minimum Gasteiger partial charge on any atom is -0.302 e. The average molecular weight is 546 g/mol. The van der Waals surface area contributed by atoms with E-state index < -0.39 is 0 Å². The maximum Gasteiger partial charge on any atom is 0.226 e. The minimum atomic E-state index is -0.128. The van der Waals surface area contributed by atoms with Crippen molar-refractivity contribution < 1.29 is 4.79 Å². The van der Waals surface area contributed by atoms with Gasteiger partial charge in [0.15, 0.2) is 5.13 Å². The summed E-state index contributed by atoms with van der Waals surface area (Å²) in [4.78, 5) is 21.8. The molecule has 9 heteroatoms. The van der Waals surface area contributed by atoms with E-state index in [1.165, 1.54) is 28.7 Å². The number of carbonyl (C=O) groups is 1. The van der Waals surface area contributed by atoms with Crippen LogP contribution in [0.2, 0.25) is 10.0 Å². The number of aromatic nitrogens is 2. The number of halogens is 2. The molecule has 1 aliphatic carbocycles. The molecular weight excluding hydrogens is 519 g/mol. The molecule has 0 radical (unpaired) electrons. The molecule has 0 aliphatic heterocycles. The van der Waals surface area contributed by atoms with Gasteiger partial charge in [0.05, 0.1) is 21.3 Å². The highest BCUT2D eigenvalue weighted by Gasteiger charge is 2.30. The van der Waals surface area contributed by atoms with Crippen LogP contribution in [0.1, 0.15) is 50.4 Å². The van der Waals surface area contributed by atoms with Crippen molar-refractivity contribution in [3.8, 4) is 17.3 Å². The van der Waals surface area contributed by atoms with Crippen molar-refractivity contribution in [2.24, 2.45) is 11.3 Å². The highest BCUT2D eigenvalue weighted by Crippen LogP contribution is 2.38. The Morgan fingerprint density at radius 3 is 2.77 bits per heavy atom. The second kappa shape index (κ2) is 10.9. The number of hydrogen-bond acceptors (Lipinski definition) is 6. The van der Waals surface area contributed by atoms with Crippen molar-refractivity contribution in [1.29, 1.82) is 5.26 Å². The van der Waals surface area contributed by atoms with Crippen molar-refractivity contribution in [2.45, 2.75) is 51.5 Å². The number of aryl methyl sites for hydroxylation is 1. The normalized spacial score (nSPS) is 15.4. The molecule has 1 atom stereocenters. The largest absolute Gasteiger partial charge is 0.302 e. The first kappa shape index (κ1) is 26.0. The highest BCUT2D eigenvalue weighted by molar-refractivity contribution is 7.99. The number of fused-ring (bicyclic) bond motifs is 1. The lowest BCUT2D eigenvalue weighted by Gasteiger charge is -2.34. The summed E-state index contributed by atoms with van der Waals surface area (Å²) in [5, 5.41) is 16.6. The summed E-state index contributed by atoms with van der Waals surface area (Å²) in [5.41, 5.74) is 4.68. The van der Waals surface area contributed by atoms with Gasteiger partial charge in [-0.2, -0.15) is 5.26 Å². The maximum atomic E-state index is 12.5. The lowest BCUT2D eigenvalue weighted by atomic mass is 9.71. The highest BCUT2D eigenvalue weighted by atomic mass is 35.5. The number of benzene rings is 1. The van der Waals surface area contributed by atoms with Crippen molar-refractivity contribution in [3.63, 3.8) is 0 Å². The summed E-state index contributed by atoms with van der Waals surface area (Å²) in [5.74, 6) is 0.993. The van der Waals surface area contributed by atoms with Gasteiger partial charge in [0.2, 0.25) is 5.91 Å². The van der Waals surface area contributed by atoms with Crippen LogP contribution in [-0.4, -0.2) is 21.6 Å². The molecule has 1 amide bonds. The first-order chi connectivity index (χ1) is 16.6. The van der Waals surface area contributed by atoms with Crippen LogP contribution in [0.4, 0.5) is 5.13 Å². The van der Waals surface area contributed by atoms with E-state index in [1.54, 1.807) is 12.1 Å². The van der Waals surface area contributed by atoms with Crippen LogP contribution < -0.4 is 5.32 Å². The molecule has 1 aromatic carbocycles. The predicted octanol–water partition coefficient (Wildman–Crippen LogP) is 7.66. The molecule has 0 saturated carbocycles. The molecule has 3 aromatic rings. The molecule has 5 nitrogen and oxygen atoms in total. The van der Waals surface area contributed by atoms with Gasteiger partial charge in [-0.3, -0.25) is 4.79 Å². The Labute approximate surface area is 224 Å². The zero-order valence-corrected chi connectivity index (χ0v) is 23.0. The molecule has 35 heavy (non-hydrogen) atoms. The third kappa shape index (κ3) is 6.37. The van der Waals surface area contributed by atoms with Crippen LogP contribution in [0.5, 0.6) is 0 Å². The van der Waals surface area contributed by atoms with Crippen LogP contribution in [0.3, 0.4) is 0 Å². The zero-order chi connectivity index (χ0) is 25.2. The van der Waals surface area contributed by atoms with Gasteiger partial charge >= 0.3 is 0 Å². The average Bonchev–Trinajstić information content (AvgIpc) is 3.27. The van der Waals surface area contributed by atoms with Gasteiger partial charge in [0, 0.05) is 28.8 Å². The van der Waals surface area contributed by atoms with Gasteiger partial charge in [0.25, 0.3) is 0 Å². The third-order valence-electron chi connectivity index (χ3n) is 6.23. The summed E-state index contributed by atoms with van der Waals surface area (Å²) >= 11 is 14.9. The van der Waals surface area contributed by atoms with Crippen LogP contribution >= 0.6 is 46.3 Å². The third-order valence-corrected chi connectivity index (χ3v) is 8.72. The van der Waals surface area contributed by atoms with Crippen molar-refractivity contribution in [3.05, 3.63) is 56.5 Å². The van der Waals surface area contributed by atoms with E-state index in [4.69, 9.17) is 28.2 Å². The second-order valence-electron chi connectivity index (χ2n) is 9.68. The summed E-state index contributed by atoms with van der Waals surface area (Å²) < 4.78 is 0. The van der Waals surface area contributed by atoms with E-state index in [9.17, 15) is 10.1 Å². The van der Waals surface area contributed by atoms with E-state index in [-0.39, 0.29) is 11.3 Å². The van der Waals surface area contributed by atoms with Crippen molar-refractivity contribution in [2.75, 3.05) is 11.1 Å². The summed E-state index contributed by atoms with van der Waals surface area (Å²) in [6.07, 6.45) is 3.30. The molecule has 4 rings (SSSR count). The fraction of sp³-hybridized carbons (Fsp3) is 0.385. The van der Waals surface area contributed by atoms with E-state index >= 15 is 0 Å². The minimum absolute atomic E-state index is 0.128. The van der Waals surface area contributed by atoms with Crippen LogP contribution in [0, 0.1) is 22.7 Å². The SMILES string of the molecule is CC(C)(C)C1CCc2nc(SCCC(=O)Nc3nc(-c4ccc(Cl)c(Cl)c4)cs3)c(C#N)cc2C1. The molecule has 0 fully saturated rings. The van der Waals surface area contributed by atoms with Gasteiger partial charge in [-0.05, 0) is 54.4 Å². The Morgan fingerprint density at radius 2 is 2.06 bits per heavy atom. The van der Waals surface area contributed by atoms with E-state index in [1.807, 2.05) is 17.5 Å². The smallest absolute Gasteiger partial charge is 0.226 e. The van der Waals surface area contributed by atoms with Crippen LogP contribution in [-0.2, 0) is 17.6 Å². The number of nitriles is 1. The summed E-state index contributed by atoms with van der Waals surface area (Å²) in [6, 6.07) is 9.61. The second-order valence-corrected chi connectivity index (χ2v) is 12.4. The summed E-state index contributed by atoms with van der Waals surface area (Å²) in [6.45, 7) is 6.82. The van der Waals surface area contributed by atoms with Gasteiger partial charge < -0.3 is 5.32 Å². The number of amides is 1. The monoisotopic (exact) mass is 544 g/mol. The Balaban J connectivity index is 1.34. The number of carbonyl (C=O) groups excluding carboxylic acids is 1. The Morgan fingerprint density at radius 1 is 1.26 bits per heavy atom. The van der Waals surface area contributed by atoms with E-state index in [0.717, 1.165) is 36.2 Å². The lowest BCUT2D eigenvalue weighted by Crippen LogP contribution is -2.27.